The van der Waals surface area contributed by atoms with Crippen LogP contribution >= 0.6 is 11.3 Å². The van der Waals surface area contributed by atoms with Crippen LogP contribution in [0.5, 0.6) is 0 Å². The second-order valence-corrected chi connectivity index (χ2v) is 8.10. The van der Waals surface area contributed by atoms with E-state index in [9.17, 15) is 0 Å². The number of hydrogen-bond donors (Lipinski definition) is 1. The number of benzene rings is 2. The highest BCUT2D eigenvalue weighted by Gasteiger charge is 2.16. The summed E-state index contributed by atoms with van der Waals surface area (Å²) >= 11 is 1.67. The molecule has 0 saturated heterocycles. The van der Waals surface area contributed by atoms with Crippen LogP contribution < -0.4 is 5.32 Å². The lowest BCUT2D eigenvalue weighted by Crippen LogP contribution is -2.00. The molecule has 2 heterocycles. The highest BCUT2D eigenvalue weighted by atomic mass is 32.1. The van der Waals surface area contributed by atoms with Crippen molar-refractivity contribution in [2.75, 3.05) is 5.32 Å². The van der Waals surface area contributed by atoms with Gasteiger partial charge in [0.2, 0.25) is 0 Å². The second-order valence-electron chi connectivity index (χ2n) is 7.24. The van der Waals surface area contributed by atoms with E-state index in [0.717, 1.165) is 21.7 Å². The van der Waals surface area contributed by atoms with Crippen molar-refractivity contribution >= 4 is 33.1 Å². The number of aryl methyl sites for hydroxylation is 2. The molecule has 0 saturated carbocycles. The Morgan fingerprint density at radius 2 is 1.78 bits per heavy atom. The number of nitrogens with one attached hydrogen (secondary N) is 1. The zero-order valence-electron chi connectivity index (χ0n) is 16.1. The molecular formula is C23H23N3S. The number of aromatic nitrogens is 2. The summed E-state index contributed by atoms with van der Waals surface area (Å²) < 4.78 is 0. The van der Waals surface area contributed by atoms with Crippen molar-refractivity contribution in [1.82, 2.24) is 9.97 Å². The first-order valence-electron chi connectivity index (χ1n) is 9.20. The molecule has 0 aliphatic heterocycles. The minimum atomic E-state index is 0.437. The summed E-state index contributed by atoms with van der Waals surface area (Å²) in [5.74, 6) is 1.30. The molecule has 0 aliphatic carbocycles. The van der Waals surface area contributed by atoms with E-state index < -0.39 is 0 Å². The average molecular weight is 374 g/mol. The van der Waals surface area contributed by atoms with Crippen LogP contribution in [0.4, 0.5) is 11.5 Å². The molecule has 0 radical (unpaired) electrons. The summed E-state index contributed by atoms with van der Waals surface area (Å²) in [5, 5.41) is 6.86. The molecule has 136 valence electrons. The van der Waals surface area contributed by atoms with Crippen LogP contribution in [0, 0.1) is 13.8 Å². The topological polar surface area (TPSA) is 37.8 Å². The highest BCUT2D eigenvalue weighted by Crippen LogP contribution is 2.39. The van der Waals surface area contributed by atoms with E-state index in [2.05, 4.69) is 90.8 Å². The van der Waals surface area contributed by atoms with E-state index >= 15 is 0 Å². The zero-order valence-corrected chi connectivity index (χ0v) is 16.9. The Bertz CT molecular complexity index is 1110. The van der Waals surface area contributed by atoms with Gasteiger partial charge >= 0.3 is 0 Å². The summed E-state index contributed by atoms with van der Waals surface area (Å²) in [6, 6.07) is 15.0. The van der Waals surface area contributed by atoms with Gasteiger partial charge in [0.15, 0.2) is 0 Å². The zero-order chi connectivity index (χ0) is 19.0. The molecule has 4 rings (SSSR count). The predicted molar refractivity (Wildman–Crippen MR) is 116 cm³/mol. The van der Waals surface area contributed by atoms with Gasteiger partial charge in [-0.2, -0.15) is 0 Å². The minimum absolute atomic E-state index is 0.437. The molecule has 0 spiro atoms. The van der Waals surface area contributed by atoms with Crippen LogP contribution in [0.25, 0.3) is 21.3 Å². The monoisotopic (exact) mass is 373 g/mol. The summed E-state index contributed by atoms with van der Waals surface area (Å²) in [7, 11) is 0. The van der Waals surface area contributed by atoms with Gasteiger partial charge in [-0.3, -0.25) is 0 Å². The SMILES string of the molecule is Cc1ccc(-c2csc3ncnc(Nc4ccccc4C(C)C)c23)c(C)c1. The molecule has 0 aliphatic rings. The summed E-state index contributed by atoms with van der Waals surface area (Å²) in [6.45, 7) is 8.71. The molecular weight excluding hydrogens is 350 g/mol. The lowest BCUT2D eigenvalue weighted by molar-refractivity contribution is 0.869. The quantitative estimate of drug-likeness (QED) is 0.425. The molecule has 2 aromatic heterocycles. The Labute approximate surface area is 164 Å². The van der Waals surface area contributed by atoms with Crippen LogP contribution in [-0.2, 0) is 0 Å². The fourth-order valence-corrected chi connectivity index (χ4v) is 4.43. The van der Waals surface area contributed by atoms with E-state index in [-0.39, 0.29) is 0 Å². The Kier molecular flexibility index (Phi) is 4.66. The van der Waals surface area contributed by atoms with Gasteiger partial charge in [0.1, 0.15) is 17.0 Å². The van der Waals surface area contributed by atoms with Crippen LogP contribution in [0.1, 0.15) is 36.5 Å². The molecule has 0 fully saturated rings. The summed E-state index contributed by atoms with van der Waals surface area (Å²) in [4.78, 5) is 10.1. The van der Waals surface area contributed by atoms with Crippen molar-refractivity contribution in [3.05, 3.63) is 70.9 Å². The molecule has 4 aromatic rings. The van der Waals surface area contributed by atoms with Gasteiger partial charge in [0, 0.05) is 16.6 Å². The van der Waals surface area contributed by atoms with Crippen LogP contribution in [0.15, 0.2) is 54.2 Å². The first-order chi connectivity index (χ1) is 13.0. The Morgan fingerprint density at radius 3 is 2.56 bits per heavy atom. The van der Waals surface area contributed by atoms with E-state index in [1.165, 1.54) is 27.8 Å². The van der Waals surface area contributed by atoms with Crippen molar-refractivity contribution in [2.24, 2.45) is 0 Å². The molecule has 0 amide bonds. The maximum absolute atomic E-state index is 4.59. The predicted octanol–water partition coefficient (Wildman–Crippen LogP) is 6.84. The maximum Gasteiger partial charge on any atom is 0.143 e. The van der Waals surface area contributed by atoms with Gasteiger partial charge in [0.05, 0.1) is 5.39 Å². The molecule has 0 unspecified atom stereocenters. The molecule has 4 heteroatoms. The van der Waals surface area contributed by atoms with E-state index in [0.29, 0.717) is 5.92 Å². The van der Waals surface area contributed by atoms with E-state index in [1.54, 1.807) is 17.7 Å². The molecule has 0 bridgehead atoms. The van der Waals surface area contributed by atoms with E-state index in [4.69, 9.17) is 0 Å². The summed E-state index contributed by atoms with van der Waals surface area (Å²) in [6.07, 6.45) is 1.64. The number of rotatable bonds is 4. The minimum Gasteiger partial charge on any atom is -0.339 e. The van der Waals surface area contributed by atoms with Crippen LogP contribution in [0.2, 0.25) is 0 Å². The van der Waals surface area contributed by atoms with Crippen molar-refractivity contribution in [2.45, 2.75) is 33.6 Å². The fourth-order valence-electron chi connectivity index (χ4n) is 3.53. The first kappa shape index (κ1) is 17.7. The van der Waals surface area contributed by atoms with Crippen LogP contribution in [0.3, 0.4) is 0 Å². The Morgan fingerprint density at radius 1 is 0.963 bits per heavy atom. The highest BCUT2D eigenvalue weighted by molar-refractivity contribution is 7.17. The normalized spacial score (nSPS) is 11.3. The molecule has 0 atom stereocenters. The fraction of sp³-hybridized carbons (Fsp3) is 0.217. The third-order valence-electron chi connectivity index (χ3n) is 4.88. The molecule has 1 N–H and O–H groups in total. The molecule has 2 aromatic carbocycles. The maximum atomic E-state index is 4.59. The number of anilines is 2. The Balaban J connectivity index is 1.87. The van der Waals surface area contributed by atoms with Crippen molar-refractivity contribution < 1.29 is 0 Å². The van der Waals surface area contributed by atoms with Gasteiger partial charge < -0.3 is 5.32 Å². The number of thiophene rings is 1. The van der Waals surface area contributed by atoms with Gasteiger partial charge in [-0.15, -0.1) is 11.3 Å². The van der Waals surface area contributed by atoms with Crippen LogP contribution in [-0.4, -0.2) is 9.97 Å². The average Bonchev–Trinajstić information content (AvgIpc) is 3.07. The van der Waals surface area contributed by atoms with Gasteiger partial charge in [-0.05, 0) is 42.5 Å². The first-order valence-corrected chi connectivity index (χ1v) is 10.1. The standard InChI is InChI=1S/C23H23N3S/c1-14(2)17-7-5-6-8-20(17)26-22-21-19(12-27-23(21)25-13-24-22)18-10-9-15(3)11-16(18)4/h5-14H,1-4H3,(H,24,25,26). The second kappa shape index (κ2) is 7.12. The third-order valence-corrected chi connectivity index (χ3v) is 5.76. The number of hydrogen-bond acceptors (Lipinski definition) is 4. The van der Waals surface area contributed by atoms with Crippen molar-refractivity contribution in [3.63, 3.8) is 0 Å². The van der Waals surface area contributed by atoms with E-state index in [1.807, 2.05) is 0 Å². The third kappa shape index (κ3) is 3.33. The van der Waals surface area contributed by atoms with Crippen molar-refractivity contribution in [1.29, 1.82) is 0 Å². The van der Waals surface area contributed by atoms with Gasteiger partial charge in [-0.25, -0.2) is 9.97 Å². The Hall–Kier alpha value is -2.72. The number of nitrogens with zero attached hydrogens (tertiary/aromatic N) is 2. The van der Waals surface area contributed by atoms with Crippen molar-refractivity contribution in [3.8, 4) is 11.1 Å². The largest absolute Gasteiger partial charge is 0.339 e. The summed E-state index contributed by atoms with van der Waals surface area (Å²) in [5.41, 5.74) is 7.36. The van der Waals surface area contributed by atoms with Gasteiger partial charge in [0.25, 0.3) is 0 Å². The molecule has 27 heavy (non-hydrogen) atoms. The lowest BCUT2D eigenvalue weighted by atomic mass is 9.98. The number of para-hydroxylation sites is 1. The number of fused-ring (bicyclic) bond motifs is 1. The smallest absolute Gasteiger partial charge is 0.143 e. The molecule has 3 nitrogen and oxygen atoms in total. The van der Waals surface area contributed by atoms with Gasteiger partial charge in [-0.1, -0.05) is 55.8 Å². The lowest BCUT2D eigenvalue weighted by Gasteiger charge is -2.15.